The van der Waals surface area contributed by atoms with Crippen molar-refractivity contribution in [2.75, 3.05) is 20.7 Å². The minimum atomic E-state index is -3.99. The predicted molar refractivity (Wildman–Crippen MR) is 157 cm³/mol. The molecule has 0 saturated carbocycles. The standard InChI is InChI=1S/C30H36ClN3O5S/c1-5-22(2)32-30(36)28(19-23-10-7-6-8-11-23)34(20-24-12-9-13-26(18-24)39-4)29(35)21-33(3)40(37,38)27-16-14-25(31)15-17-27/h6-18,22,28H,5,19-21H2,1-4H3,(H,32,36)/t22-,28+/m0/s1. The van der Waals surface area contributed by atoms with E-state index >= 15 is 0 Å². The van der Waals surface area contributed by atoms with Gasteiger partial charge in [0.1, 0.15) is 11.8 Å². The summed E-state index contributed by atoms with van der Waals surface area (Å²) in [6, 6.07) is 21.4. The number of rotatable bonds is 13. The zero-order chi connectivity index (χ0) is 29.3. The van der Waals surface area contributed by atoms with Crippen molar-refractivity contribution in [2.24, 2.45) is 0 Å². The maximum Gasteiger partial charge on any atom is 0.243 e. The average molecular weight is 586 g/mol. The number of halogens is 1. The van der Waals surface area contributed by atoms with E-state index in [0.29, 0.717) is 10.8 Å². The second-order valence-electron chi connectivity index (χ2n) is 9.61. The van der Waals surface area contributed by atoms with E-state index in [1.165, 1.54) is 36.2 Å². The van der Waals surface area contributed by atoms with Crippen LogP contribution in [0.5, 0.6) is 5.75 Å². The van der Waals surface area contributed by atoms with Gasteiger partial charge in [0.25, 0.3) is 0 Å². The van der Waals surface area contributed by atoms with Crippen LogP contribution in [0.4, 0.5) is 0 Å². The summed E-state index contributed by atoms with van der Waals surface area (Å²) in [6.07, 6.45) is 0.974. The third-order valence-electron chi connectivity index (χ3n) is 6.64. The van der Waals surface area contributed by atoms with Gasteiger partial charge in [-0.15, -0.1) is 0 Å². The van der Waals surface area contributed by atoms with Gasteiger partial charge in [0.2, 0.25) is 21.8 Å². The van der Waals surface area contributed by atoms with Crippen LogP contribution in [0.1, 0.15) is 31.4 Å². The van der Waals surface area contributed by atoms with Gasteiger partial charge in [0.15, 0.2) is 0 Å². The molecule has 214 valence electrons. The fraction of sp³-hybridized carbons (Fsp3) is 0.333. The molecule has 3 rings (SSSR count). The molecule has 2 amide bonds. The number of nitrogens with zero attached hydrogens (tertiary/aromatic N) is 2. The first-order chi connectivity index (χ1) is 19.0. The second kappa shape index (κ2) is 14.3. The number of carbonyl (C=O) groups is 2. The Morgan fingerprint density at radius 3 is 2.25 bits per heavy atom. The molecular weight excluding hydrogens is 550 g/mol. The summed E-state index contributed by atoms with van der Waals surface area (Å²) >= 11 is 5.93. The molecular formula is C30H36ClN3O5S. The molecule has 0 aliphatic carbocycles. The molecule has 40 heavy (non-hydrogen) atoms. The summed E-state index contributed by atoms with van der Waals surface area (Å²) in [6.45, 7) is 3.48. The van der Waals surface area contributed by atoms with Gasteiger partial charge in [-0.1, -0.05) is 61.0 Å². The highest BCUT2D eigenvalue weighted by molar-refractivity contribution is 7.89. The van der Waals surface area contributed by atoms with Crippen LogP contribution in [0.2, 0.25) is 5.02 Å². The number of nitrogens with one attached hydrogen (secondary N) is 1. The van der Waals surface area contributed by atoms with E-state index in [4.69, 9.17) is 16.3 Å². The zero-order valence-electron chi connectivity index (χ0n) is 23.2. The van der Waals surface area contributed by atoms with E-state index in [9.17, 15) is 18.0 Å². The molecule has 0 bridgehead atoms. The Labute approximate surface area is 241 Å². The summed E-state index contributed by atoms with van der Waals surface area (Å²) in [7, 11) is -1.09. The van der Waals surface area contributed by atoms with E-state index < -0.39 is 28.5 Å². The maximum atomic E-state index is 13.9. The van der Waals surface area contributed by atoms with Crippen molar-refractivity contribution in [2.45, 2.75) is 50.2 Å². The predicted octanol–water partition coefficient (Wildman–Crippen LogP) is 4.52. The molecule has 0 aromatic heterocycles. The van der Waals surface area contributed by atoms with Crippen LogP contribution in [0.25, 0.3) is 0 Å². The zero-order valence-corrected chi connectivity index (χ0v) is 24.8. The number of amides is 2. The number of sulfonamides is 1. The number of carbonyl (C=O) groups excluding carboxylic acids is 2. The van der Waals surface area contributed by atoms with Crippen molar-refractivity contribution < 1.29 is 22.7 Å². The molecule has 8 nitrogen and oxygen atoms in total. The largest absolute Gasteiger partial charge is 0.497 e. The smallest absolute Gasteiger partial charge is 0.243 e. The van der Waals surface area contributed by atoms with Crippen LogP contribution in [0.15, 0.2) is 83.8 Å². The number of benzene rings is 3. The van der Waals surface area contributed by atoms with Crippen LogP contribution >= 0.6 is 11.6 Å². The Hall–Kier alpha value is -3.40. The monoisotopic (exact) mass is 585 g/mol. The summed E-state index contributed by atoms with van der Waals surface area (Å²) in [5, 5.41) is 3.41. The van der Waals surface area contributed by atoms with Crippen molar-refractivity contribution >= 4 is 33.4 Å². The maximum absolute atomic E-state index is 13.9. The molecule has 0 aliphatic heterocycles. The Morgan fingerprint density at radius 2 is 1.62 bits per heavy atom. The molecule has 0 aliphatic rings. The Morgan fingerprint density at radius 1 is 0.975 bits per heavy atom. The minimum Gasteiger partial charge on any atom is -0.497 e. The third kappa shape index (κ3) is 8.30. The van der Waals surface area contributed by atoms with E-state index in [2.05, 4.69) is 5.32 Å². The first kappa shape index (κ1) is 31.1. The van der Waals surface area contributed by atoms with Crippen LogP contribution in [0.3, 0.4) is 0 Å². The van der Waals surface area contributed by atoms with E-state index in [1.54, 1.807) is 25.3 Å². The van der Waals surface area contributed by atoms with Crippen molar-refractivity contribution in [1.82, 2.24) is 14.5 Å². The Balaban J connectivity index is 1.99. The van der Waals surface area contributed by atoms with Crippen molar-refractivity contribution in [1.29, 1.82) is 0 Å². The molecule has 0 radical (unpaired) electrons. The van der Waals surface area contributed by atoms with Crippen LogP contribution in [-0.4, -0.2) is 62.2 Å². The minimum absolute atomic E-state index is 0.0156. The Kier molecular flexibility index (Phi) is 11.1. The fourth-order valence-electron chi connectivity index (χ4n) is 4.12. The number of hydrogen-bond acceptors (Lipinski definition) is 5. The molecule has 1 N–H and O–H groups in total. The van der Waals surface area contributed by atoms with Crippen LogP contribution in [-0.2, 0) is 32.6 Å². The lowest BCUT2D eigenvalue weighted by atomic mass is 10.0. The molecule has 0 heterocycles. The average Bonchev–Trinajstić information content (AvgIpc) is 2.95. The molecule has 0 unspecified atom stereocenters. The van der Waals surface area contributed by atoms with E-state index in [1.807, 2.05) is 50.2 Å². The lowest BCUT2D eigenvalue weighted by Gasteiger charge is -2.33. The third-order valence-corrected chi connectivity index (χ3v) is 8.71. The highest BCUT2D eigenvalue weighted by Gasteiger charge is 2.33. The topological polar surface area (TPSA) is 96.0 Å². The lowest BCUT2D eigenvalue weighted by Crippen LogP contribution is -2.54. The summed E-state index contributed by atoms with van der Waals surface area (Å²) in [5.74, 6) is -0.211. The number of hydrogen-bond donors (Lipinski definition) is 1. The van der Waals surface area contributed by atoms with Gasteiger partial charge in [-0.25, -0.2) is 8.42 Å². The van der Waals surface area contributed by atoms with Crippen molar-refractivity contribution in [3.63, 3.8) is 0 Å². The van der Waals surface area contributed by atoms with Crippen LogP contribution in [0, 0.1) is 0 Å². The summed E-state index contributed by atoms with van der Waals surface area (Å²) < 4.78 is 32.8. The molecule has 10 heteroatoms. The first-order valence-corrected chi connectivity index (χ1v) is 14.9. The Bertz CT molecular complexity index is 1380. The van der Waals surface area contributed by atoms with Gasteiger partial charge in [-0.3, -0.25) is 9.59 Å². The van der Waals surface area contributed by atoms with Gasteiger partial charge < -0.3 is 15.0 Å². The van der Waals surface area contributed by atoms with E-state index in [0.717, 1.165) is 21.9 Å². The molecule has 0 fully saturated rings. The first-order valence-electron chi connectivity index (χ1n) is 13.0. The quantitative estimate of drug-likeness (QED) is 0.318. The van der Waals surface area contributed by atoms with Gasteiger partial charge in [-0.05, 0) is 60.9 Å². The number of methoxy groups -OCH3 is 1. The second-order valence-corrected chi connectivity index (χ2v) is 12.1. The van der Waals surface area contributed by atoms with Crippen molar-refractivity contribution in [3.8, 4) is 5.75 Å². The normalized spacial score (nSPS) is 12.9. The van der Waals surface area contributed by atoms with Gasteiger partial charge in [0, 0.05) is 31.1 Å². The van der Waals surface area contributed by atoms with Crippen molar-refractivity contribution in [3.05, 3.63) is 95.0 Å². The fourth-order valence-corrected chi connectivity index (χ4v) is 5.36. The van der Waals surface area contributed by atoms with E-state index in [-0.39, 0.29) is 29.8 Å². The van der Waals surface area contributed by atoms with Gasteiger partial charge in [0.05, 0.1) is 18.6 Å². The highest BCUT2D eigenvalue weighted by atomic mass is 35.5. The molecule has 2 atom stereocenters. The SMILES string of the molecule is CC[C@H](C)NC(=O)[C@@H](Cc1ccccc1)N(Cc1cccc(OC)c1)C(=O)CN(C)S(=O)(=O)c1ccc(Cl)cc1. The molecule has 0 spiro atoms. The molecule has 3 aromatic rings. The molecule has 3 aromatic carbocycles. The number of ether oxygens (including phenoxy) is 1. The number of likely N-dealkylation sites (N-methyl/N-ethyl adjacent to an activating group) is 1. The van der Waals surface area contributed by atoms with Crippen LogP contribution < -0.4 is 10.1 Å². The highest BCUT2D eigenvalue weighted by Crippen LogP contribution is 2.21. The molecule has 0 saturated heterocycles. The van der Waals surface area contributed by atoms with Gasteiger partial charge >= 0.3 is 0 Å². The summed E-state index contributed by atoms with van der Waals surface area (Å²) in [5.41, 5.74) is 1.61. The summed E-state index contributed by atoms with van der Waals surface area (Å²) in [4.78, 5) is 29.0. The lowest BCUT2D eigenvalue weighted by molar-refractivity contribution is -0.141. The van der Waals surface area contributed by atoms with Gasteiger partial charge in [-0.2, -0.15) is 4.31 Å².